The van der Waals surface area contributed by atoms with Gasteiger partial charge < -0.3 is 15.5 Å². The molecule has 0 aliphatic carbocycles. The maximum Gasteiger partial charge on any atom is 0.337 e. The molecule has 3 N–H and O–H groups in total. The Morgan fingerprint density at radius 1 is 1.04 bits per heavy atom. The van der Waals surface area contributed by atoms with Gasteiger partial charge in [-0.25, -0.2) is 4.79 Å². The highest BCUT2D eigenvalue weighted by atomic mass is 16.4. The molecule has 2 aromatic rings. The van der Waals surface area contributed by atoms with E-state index in [1.807, 2.05) is 24.3 Å². The summed E-state index contributed by atoms with van der Waals surface area (Å²) in [6.07, 6.45) is 0.982. The van der Waals surface area contributed by atoms with Crippen LogP contribution in [0.4, 0.5) is 5.69 Å². The van der Waals surface area contributed by atoms with Crippen molar-refractivity contribution in [2.24, 2.45) is 5.92 Å². The lowest BCUT2D eigenvalue weighted by Gasteiger charge is -2.15. The third-order valence-electron chi connectivity index (χ3n) is 4.01. The Balaban J connectivity index is 2.14. The Labute approximate surface area is 147 Å². The highest BCUT2D eigenvalue weighted by Crippen LogP contribution is 2.24. The van der Waals surface area contributed by atoms with Gasteiger partial charge >= 0.3 is 5.97 Å². The standard InChI is InChI=1S/C20H23NO4/c1-12(2)10-14-4-6-15(7-5-14)13(3)19(23)21-18-9-8-16(22)11-17(18)20(24)25/h4-9,11-13,22H,10H2,1-3H3,(H,21,23)(H,24,25). The van der Waals surface area contributed by atoms with Crippen LogP contribution in [0.2, 0.25) is 0 Å². The lowest BCUT2D eigenvalue weighted by molar-refractivity contribution is -0.117. The molecule has 1 atom stereocenters. The lowest BCUT2D eigenvalue weighted by atomic mass is 9.96. The number of phenols is 1. The first-order valence-electron chi connectivity index (χ1n) is 8.24. The molecule has 0 bridgehead atoms. The molecule has 5 nitrogen and oxygen atoms in total. The highest BCUT2D eigenvalue weighted by molar-refractivity contribution is 6.02. The third-order valence-corrected chi connectivity index (χ3v) is 4.01. The number of aromatic carboxylic acids is 1. The molecule has 0 aliphatic heterocycles. The predicted octanol–water partition coefficient (Wildman–Crippen LogP) is 4.03. The number of aromatic hydroxyl groups is 1. The SMILES string of the molecule is CC(C)Cc1ccc(C(C)C(=O)Nc2ccc(O)cc2C(=O)O)cc1. The summed E-state index contributed by atoms with van der Waals surface area (Å²) >= 11 is 0. The van der Waals surface area contributed by atoms with Gasteiger partial charge in [-0.2, -0.15) is 0 Å². The number of nitrogens with one attached hydrogen (secondary N) is 1. The summed E-state index contributed by atoms with van der Waals surface area (Å²) in [6, 6.07) is 11.7. The van der Waals surface area contributed by atoms with Crippen molar-refractivity contribution in [1.29, 1.82) is 0 Å². The van der Waals surface area contributed by atoms with Crippen LogP contribution >= 0.6 is 0 Å². The van der Waals surface area contributed by atoms with Crippen LogP contribution in [-0.4, -0.2) is 22.1 Å². The van der Waals surface area contributed by atoms with E-state index < -0.39 is 11.9 Å². The smallest absolute Gasteiger partial charge is 0.337 e. The van der Waals surface area contributed by atoms with E-state index in [1.54, 1.807) is 6.92 Å². The Morgan fingerprint density at radius 3 is 2.24 bits per heavy atom. The van der Waals surface area contributed by atoms with Crippen molar-refractivity contribution in [2.45, 2.75) is 33.1 Å². The van der Waals surface area contributed by atoms with Crippen molar-refractivity contribution < 1.29 is 19.8 Å². The first-order chi connectivity index (χ1) is 11.8. The first-order valence-corrected chi connectivity index (χ1v) is 8.24. The largest absolute Gasteiger partial charge is 0.508 e. The summed E-state index contributed by atoms with van der Waals surface area (Å²) in [4.78, 5) is 23.7. The van der Waals surface area contributed by atoms with Crippen molar-refractivity contribution in [3.63, 3.8) is 0 Å². The van der Waals surface area contributed by atoms with Gasteiger partial charge in [0.15, 0.2) is 0 Å². The van der Waals surface area contributed by atoms with E-state index in [2.05, 4.69) is 19.2 Å². The Kier molecular flexibility index (Phi) is 5.80. The Hall–Kier alpha value is -2.82. The van der Waals surface area contributed by atoms with Crippen LogP contribution in [-0.2, 0) is 11.2 Å². The van der Waals surface area contributed by atoms with Crippen molar-refractivity contribution in [2.75, 3.05) is 5.32 Å². The molecule has 25 heavy (non-hydrogen) atoms. The Bertz CT molecular complexity index is 766. The molecule has 0 spiro atoms. The summed E-state index contributed by atoms with van der Waals surface area (Å²) in [7, 11) is 0. The fourth-order valence-corrected chi connectivity index (χ4v) is 2.62. The summed E-state index contributed by atoms with van der Waals surface area (Å²) in [5, 5.41) is 21.3. The van der Waals surface area contributed by atoms with E-state index in [9.17, 15) is 19.8 Å². The van der Waals surface area contributed by atoms with E-state index in [4.69, 9.17) is 0 Å². The minimum absolute atomic E-state index is 0.146. The summed E-state index contributed by atoms with van der Waals surface area (Å²) in [5.74, 6) is -1.54. The molecular formula is C20H23NO4. The zero-order valence-electron chi connectivity index (χ0n) is 14.6. The normalized spacial score (nSPS) is 12.0. The van der Waals surface area contributed by atoms with E-state index in [1.165, 1.54) is 17.7 Å². The molecule has 0 aliphatic rings. The average molecular weight is 341 g/mol. The van der Waals surface area contributed by atoms with Gasteiger partial charge in [0.05, 0.1) is 17.2 Å². The molecule has 2 rings (SSSR count). The minimum Gasteiger partial charge on any atom is -0.508 e. The topological polar surface area (TPSA) is 86.6 Å². The third kappa shape index (κ3) is 4.83. The number of carboxylic acids is 1. The van der Waals surface area contributed by atoms with Crippen LogP contribution in [0.25, 0.3) is 0 Å². The molecule has 0 radical (unpaired) electrons. The van der Waals surface area contributed by atoms with E-state index in [0.717, 1.165) is 18.1 Å². The van der Waals surface area contributed by atoms with Gasteiger partial charge in [0.1, 0.15) is 5.75 Å². The van der Waals surface area contributed by atoms with E-state index >= 15 is 0 Å². The van der Waals surface area contributed by atoms with Crippen LogP contribution in [0.1, 0.15) is 48.2 Å². The van der Waals surface area contributed by atoms with Gasteiger partial charge in [0, 0.05) is 0 Å². The number of phenolic OH excluding ortho intramolecular Hbond substituents is 1. The van der Waals surface area contributed by atoms with Crippen molar-refractivity contribution in [3.8, 4) is 5.75 Å². The van der Waals surface area contributed by atoms with E-state index in [-0.39, 0.29) is 22.9 Å². The van der Waals surface area contributed by atoms with Crippen LogP contribution in [0, 0.1) is 5.92 Å². The number of amides is 1. The second-order valence-electron chi connectivity index (χ2n) is 6.59. The van der Waals surface area contributed by atoms with Gasteiger partial charge in [-0.15, -0.1) is 0 Å². The van der Waals surface area contributed by atoms with Crippen molar-refractivity contribution in [1.82, 2.24) is 0 Å². The van der Waals surface area contributed by atoms with Gasteiger partial charge in [-0.05, 0) is 48.6 Å². The van der Waals surface area contributed by atoms with Gasteiger partial charge in [0.25, 0.3) is 0 Å². The zero-order chi connectivity index (χ0) is 18.6. The number of hydrogen-bond acceptors (Lipinski definition) is 3. The number of carbonyl (C=O) groups excluding carboxylic acids is 1. The van der Waals surface area contributed by atoms with Crippen LogP contribution in [0.15, 0.2) is 42.5 Å². The highest BCUT2D eigenvalue weighted by Gasteiger charge is 2.19. The number of anilines is 1. The maximum absolute atomic E-state index is 12.5. The summed E-state index contributed by atoms with van der Waals surface area (Å²) in [6.45, 7) is 6.08. The number of carbonyl (C=O) groups is 2. The molecule has 0 saturated heterocycles. The summed E-state index contributed by atoms with van der Waals surface area (Å²) < 4.78 is 0. The van der Waals surface area contributed by atoms with Crippen LogP contribution in [0.3, 0.4) is 0 Å². The first kappa shape index (κ1) is 18.5. The lowest BCUT2D eigenvalue weighted by Crippen LogP contribution is -2.20. The molecule has 0 heterocycles. The van der Waals surface area contributed by atoms with Crippen molar-refractivity contribution >= 4 is 17.6 Å². The molecule has 132 valence electrons. The predicted molar refractivity (Wildman–Crippen MR) is 97.1 cm³/mol. The maximum atomic E-state index is 12.5. The van der Waals surface area contributed by atoms with Gasteiger partial charge in [-0.1, -0.05) is 38.1 Å². The molecule has 0 aromatic heterocycles. The number of rotatable bonds is 6. The monoisotopic (exact) mass is 341 g/mol. The molecule has 1 unspecified atom stereocenters. The molecule has 0 saturated carbocycles. The molecular weight excluding hydrogens is 318 g/mol. The number of carboxylic acid groups (broad SMARTS) is 1. The fraction of sp³-hybridized carbons (Fsp3) is 0.300. The number of benzene rings is 2. The molecule has 0 fully saturated rings. The quantitative estimate of drug-likeness (QED) is 0.692. The molecule has 2 aromatic carbocycles. The summed E-state index contributed by atoms with van der Waals surface area (Å²) in [5.41, 5.74) is 2.10. The fourth-order valence-electron chi connectivity index (χ4n) is 2.62. The Morgan fingerprint density at radius 2 is 1.68 bits per heavy atom. The zero-order valence-corrected chi connectivity index (χ0v) is 14.6. The molecule has 5 heteroatoms. The van der Waals surface area contributed by atoms with Gasteiger partial charge in [-0.3, -0.25) is 4.79 Å². The van der Waals surface area contributed by atoms with Gasteiger partial charge in [0.2, 0.25) is 5.91 Å². The van der Waals surface area contributed by atoms with Crippen LogP contribution in [0.5, 0.6) is 5.75 Å². The van der Waals surface area contributed by atoms with Crippen molar-refractivity contribution in [3.05, 3.63) is 59.2 Å². The average Bonchev–Trinajstić information content (AvgIpc) is 2.55. The number of hydrogen-bond donors (Lipinski definition) is 3. The second-order valence-corrected chi connectivity index (χ2v) is 6.59. The minimum atomic E-state index is -1.21. The van der Waals surface area contributed by atoms with Crippen LogP contribution < -0.4 is 5.32 Å². The van der Waals surface area contributed by atoms with E-state index in [0.29, 0.717) is 5.92 Å². The second kappa shape index (κ2) is 7.83. The molecule has 1 amide bonds.